The predicted octanol–water partition coefficient (Wildman–Crippen LogP) is 3.25. The van der Waals surface area contributed by atoms with Gasteiger partial charge in [0.2, 0.25) is 5.89 Å². The molecule has 3 aromatic rings. The summed E-state index contributed by atoms with van der Waals surface area (Å²) in [5, 5.41) is 18.8. The average molecular weight is 255 g/mol. The van der Waals surface area contributed by atoms with Crippen molar-refractivity contribution in [1.29, 1.82) is 0 Å². The molecule has 3 rings (SSSR count). The second kappa shape index (κ2) is 4.40. The van der Waals surface area contributed by atoms with Gasteiger partial charge < -0.3 is 14.6 Å². The number of phenolic OH excluding ortho intramolecular Hbond substituents is 1. The molecule has 1 atom stereocenters. The van der Waals surface area contributed by atoms with Crippen LogP contribution in [0.25, 0.3) is 22.6 Å². The molecule has 0 aliphatic heterocycles. The fourth-order valence-electron chi connectivity index (χ4n) is 1.93. The lowest BCUT2D eigenvalue weighted by Gasteiger charge is -2.02. The van der Waals surface area contributed by atoms with Crippen LogP contribution in [-0.4, -0.2) is 15.2 Å². The molecule has 2 N–H and O–H groups in total. The average Bonchev–Trinajstić information content (AvgIpc) is 2.82. The highest BCUT2D eigenvalue weighted by Crippen LogP contribution is 2.27. The molecule has 2 aromatic carbocycles. The van der Waals surface area contributed by atoms with Crippen LogP contribution in [0.3, 0.4) is 0 Å². The first kappa shape index (κ1) is 11.7. The number of fused-ring (bicyclic) bond motifs is 1. The van der Waals surface area contributed by atoms with E-state index in [4.69, 9.17) is 4.42 Å². The van der Waals surface area contributed by atoms with E-state index >= 15 is 0 Å². The molecule has 19 heavy (non-hydrogen) atoms. The predicted molar refractivity (Wildman–Crippen MR) is 71.7 cm³/mol. The first-order valence-electron chi connectivity index (χ1n) is 6.01. The lowest BCUT2D eigenvalue weighted by atomic mass is 10.1. The van der Waals surface area contributed by atoms with Crippen LogP contribution in [0, 0.1) is 0 Å². The number of nitrogens with zero attached hydrogens (tertiary/aromatic N) is 1. The molecule has 0 amide bonds. The van der Waals surface area contributed by atoms with Crippen LogP contribution in [0.15, 0.2) is 46.9 Å². The van der Waals surface area contributed by atoms with Gasteiger partial charge in [-0.15, -0.1) is 0 Å². The molecule has 96 valence electrons. The lowest BCUT2D eigenvalue weighted by molar-refractivity contribution is 0.199. The fraction of sp³-hybridized carbons (Fsp3) is 0.133. The van der Waals surface area contributed by atoms with Crippen LogP contribution in [0.2, 0.25) is 0 Å². The first-order valence-corrected chi connectivity index (χ1v) is 6.01. The van der Waals surface area contributed by atoms with Crippen LogP contribution in [-0.2, 0) is 0 Å². The van der Waals surface area contributed by atoms with E-state index in [0.29, 0.717) is 11.5 Å². The smallest absolute Gasteiger partial charge is 0.227 e. The molecule has 0 aliphatic carbocycles. The number of aromatic hydroxyl groups is 1. The number of hydrogen-bond donors (Lipinski definition) is 2. The largest absolute Gasteiger partial charge is 0.508 e. The lowest BCUT2D eigenvalue weighted by Crippen LogP contribution is -1.89. The van der Waals surface area contributed by atoms with E-state index in [1.165, 1.54) is 0 Å². The molecule has 0 aliphatic rings. The van der Waals surface area contributed by atoms with E-state index in [2.05, 4.69) is 4.98 Å². The topological polar surface area (TPSA) is 66.5 Å². The van der Waals surface area contributed by atoms with Crippen LogP contribution in [0.4, 0.5) is 0 Å². The van der Waals surface area contributed by atoms with Gasteiger partial charge in [-0.1, -0.05) is 6.07 Å². The summed E-state index contributed by atoms with van der Waals surface area (Å²) in [6.45, 7) is 1.71. The molecule has 1 aromatic heterocycles. The highest BCUT2D eigenvalue weighted by molar-refractivity contribution is 5.77. The van der Waals surface area contributed by atoms with Crippen molar-refractivity contribution >= 4 is 11.1 Å². The Balaban J connectivity index is 2.08. The monoisotopic (exact) mass is 255 g/mol. The van der Waals surface area contributed by atoms with E-state index in [1.54, 1.807) is 37.3 Å². The standard InChI is InChI=1S/C15H13NO3/c1-9(17)11-4-7-13-14(8-11)19-15(16-13)10-2-5-12(18)6-3-10/h2-9,17-18H,1H3. The number of phenols is 1. The molecule has 0 saturated carbocycles. The van der Waals surface area contributed by atoms with E-state index in [-0.39, 0.29) is 5.75 Å². The molecule has 1 heterocycles. The molecule has 0 spiro atoms. The zero-order chi connectivity index (χ0) is 13.4. The number of hydrogen-bond acceptors (Lipinski definition) is 4. The molecule has 4 heteroatoms. The number of aromatic nitrogens is 1. The van der Waals surface area contributed by atoms with E-state index in [0.717, 1.165) is 16.6 Å². The second-order valence-electron chi connectivity index (χ2n) is 4.47. The number of aliphatic hydroxyl groups is 1. The molecule has 0 bridgehead atoms. The number of rotatable bonds is 2. The highest BCUT2D eigenvalue weighted by atomic mass is 16.3. The van der Waals surface area contributed by atoms with Crippen molar-refractivity contribution in [3.8, 4) is 17.2 Å². The Morgan fingerprint density at radius 3 is 2.53 bits per heavy atom. The van der Waals surface area contributed by atoms with Gasteiger partial charge in [-0.25, -0.2) is 4.98 Å². The van der Waals surface area contributed by atoms with Crippen molar-refractivity contribution in [2.75, 3.05) is 0 Å². The SMILES string of the molecule is CC(O)c1ccc2nc(-c3ccc(O)cc3)oc2c1. The summed E-state index contributed by atoms with van der Waals surface area (Å²) in [5.74, 6) is 0.703. The summed E-state index contributed by atoms with van der Waals surface area (Å²) in [5.41, 5.74) is 2.97. The molecule has 0 saturated heterocycles. The van der Waals surface area contributed by atoms with Gasteiger partial charge in [-0.2, -0.15) is 0 Å². The maximum Gasteiger partial charge on any atom is 0.227 e. The van der Waals surface area contributed by atoms with Crippen molar-refractivity contribution in [3.63, 3.8) is 0 Å². The van der Waals surface area contributed by atoms with Gasteiger partial charge in [0, 0.05) is 5.56 Å². The van der Waals surface area contributed by atoms with Crippen molar-refractivity contribution in [3.05, 3.63) is 48.0 Å². The number of benzene rings is 2. The minimum absolute atomic E-state index is 0.205. The zero-order valence-electron chi connectivity index (χ0n) is 10.4. The molecule has 4 nitrogen and oxygen atoms in total. The summed E-state index contributed by atoms with van der Waals surface area (Å²) in [6, 6.07) is 12.1. The van der Waals surface area contributed by atoms with Gasteiger partial charge in [0.05, 0.1) is 6.10 Å². The first-order chi connectivity index (χ1) is 9.13. The van der Waals surface area contributed by atoms with Crippen LogP contribution in [0.1, 0.15) is 18.6 Å². The van der Waals surface area contributed by atoms with Gasteiger partial charge in [-0.3, -0.25) is 0 Å². The van der Waals surface area contributed by atoms with Gasteiger partial charge in [0.25, 0.3) is 0 Å². The fourth-order valence-corrected chi connectivity index (χ4v) is 1.93. The van der Waals surface area contributed by atoms with Crippen molar-refractivity contribution < 1.29 is 14.6 Å². The maximum absolute atomic E-state index is 9.55. The Labute approximate surface area is 110 Å². The second-order valence-corrected chi connectivity index (χ2v) is 4.47. The van der Waals surface area contributed by atoms with Gasteiger partial charge in [0.1, 0.15) is 11.3 Å². The van der Waals surface area contributed by atoms with Gasteiger partial charge >= 0.3 is 0 Å². The normalized spacial score (nSPS) is 12.7. The third-order valence-corrected chi connectivity index (χ3v) is 3.01. The summed E-state index contributed by atoms with van der Waals surface area (Å²) in [6.07, 6.45) is -0.536. The molecule has 0 fully saturated rings. The minimum Gasteiger partial charge on any atom is -0.508 e. The van der Waals surface area contributed by atoms with Crippen LogP contribution < -0.4 is 0 Å². The Hall–Kier alpha value is -2.33. The summed E-state index contributed by atoms with van der Waals surface area (Å²) >= 11 is 0. The highest BCUT2D eigenvalue weighted by Gasteiger charge is 2.10. The molecule has 1 unspecified atom stereocenters. The summed E-state index contributed by atoms with van der Waals surface area (Å²) in [4.78, 5) is 4.38. The summed E-state index contributed by atoms with van der Waals surface area (Å²) in [7, 11) is 0. The van der Waals surface area contributed by atoms with E-state index in [9.17, 15) is 10.2 Å². The van der Waals surface area contributed by atoms with Gasteiger partial charge in [0.15, 0.2) is 5.58 Å². The maximum atomic E-state index is 9.55. The minimum atomic E-state index is -0.536. The molecular weight excluding hydrogens is 242 g/mol. The Morgan fingerprint density at radius 1 is 1.11 bits per heavy atom. The van der Waals surface area contributed by atoms with E-state index < -0.39 is 6.10 Å². The van der Waals surface area contributed by atoms with Crippen LogP contribution >= 0.6 is 0 Å². The molecule has 0 radical (unpaired) electrons. The third kappa shape index (κ3) is 2.18. The third-order valence-electron chi connectivity index (χ3n) is 3.01. The summed E-state index contributed by atoms with van der Waals surface area (Å²) < 4.78 is 5.68. The Bertz CT molecular complexity index is 714. The Kier molecular flexibility index (Phi) is 2.72. The zero-order valence-corrected chi connectivity index (χ0v) is 10.4. The number of oxazole rings is 1. The van der Waals surface area contributed by atoms with Crippen LogP contribution in [0.5, 0.6) is 5.75 Å². The van der Waals surface area contributed by atoms with Gasteiger partial charge in [-0.05, 0) is 48.9 Å². The Morgan fingerprint density at radius 2 is 1.84 bits per heavy atom. The van der Waals surface area contributed by atoms with Crippen molar-refractivity contribution in [2.45, 2.75) is 13.0 Å². The quantitative estimate of drug-likeness (QED) is 0.737. The van der Waals surface area contributed by atoms with E-state index in [1.807, 2.05) is 12.1 Å². The number of aliphatic hydroxyl groups excluding tert-OH is 1. The van der Waals surface area contributed by atoms with Crippen molar-refractivity contribution in [2.24, 2.45) is 0 Å². The van der Waals surface area contributed by atoms with Crippen molar-refractivity contribution in [1.82, 2.24) is 4.98 Å². The molecular formula is C15H13NO3.